The fourth-order valence-electron chi connectivity index (χ4n) is 3.16. The Bertz CT molecular complexity index is 1160. The van der Waals surface area contributed by atoms with E-state index in [1.807, 2.05) is 0 Å². The molecule has 3 rings (SSSR count). The fourth-order valence-corrected chi connectivity index (χ4v) is 6.12. The molecule has 2 aromatic rings. The molecular weight excluding hydrogens is 454 g/mol. The molecule has 12 heteroatoms. The molecule has 0 N–H and O–H groups in total. The maximum absolute atomic E-state index is 12.9. The summed E-state index contributed by atoms with van der Waals surface area (Å²) in [4.78, 5) is 10.9. The Balaban J connectivity index is 1.76. The van der Waals surface area contributed by atoms with Gasteiger partial charge in [0.15, 0.2) is 5.78 Å². The van der Waals surface area contributed by atoms with E-state index in [2.05, 4.69) is 4.74 Å². The van der Waals surface area contributed by atoms with E-state index in [9.17, 15) is 30.4 Å². The fraction of sp³-hybridized carbons (Fsp3) is 0.316. The number of carbonyl (C=O) groups excluding carboxylic acids is 1. The van der Waals surface area contributed by atoms with Gasteiger partial charge >= 0.3 is 6.61 Å². The van der Waals surface area contributed by atoms with Crippen molar-refractivity contribution in [2.24, 2.45) is 0 Å². The summed E-state index contributed by atoms with van der Waals surface area (Å²) in [7, 11) is -8.06. The highest BCUT2D eigenvalue weighted by molar-refractivity contribution is 7.89. The monoisotopic (exact) mass is 474 g/mol. The Labute approximate surface area is 179 Å². The minimum atomic E-state index is -4.17. The highest BCUT2D eigenvalue weighted by Gasteiger charge is 2.35. The molecule has 1 aliphatic rings. The van der Waals surface area contributed by atoms with E-state index < -0.39 is 37.3 Å². The van der Waals surface area contributed by atoms with Gasteiger partial charge in [-0.2, -0.15) is 17.4 Å². The van der Waals surface area contributed by atoms with Crippen LogP contribution in [0.2, 0.25) is 0 Å². The quantitative estimate of drug-likeness (QED) is 0.571. The molecule has 168 valence electrons. The van der Waals surface area contributed by atoms with Crippen molar-refractivity contribution in [3.8, 4) is 5.75 Å². The summed E-state index contributed by atoms with van der Waals surface area (Å²) >= 11 is 0. The molecule has 0 spiro atoms. The van der Waals surface area contributed by atoms with Crippen molar-refractivity contribution in [3.63, 3.8) is 0 Å². The minimum Gasteiger partial charge on any atom is -0.433 e. The van der Waals surface area contributed by atoms with Crippen molar-refractivity contribution in [3.05, 3.63) is 54.1 Å². The van der Waals surface area contributed by atoms with E-state index >= 15 is 0 Å². The molecule has 0 bridgehead atoms. The molecular formula is C19H20F2N2O6S2. The van der Waals surface area contributed by atoms with E-state index in [1.54, 1.807) is 0 Å². The molecule has 0 unspecified atom stereocenters. The SMILES string of the molecule is CC(=O)c1ccc(S(=O)(=O)N2CCN(S(=O)(=O)c3ccccc3OC(F)F)CC2)cc1. The molecule has 0 radical (unpaired) electrons. The lowest BCUT2D eigenvalue weighted by atomic mass is 10.2. The van der Waals surface area contributed by atoms with Crippen LogP contribution >= 0.6 is 0 Å². The van der Waals surface area contributed by atoms with Crippen LogP contribution in [0, 0.1) is 0 Å². The largest absolute Gasteiger partial charge is 0.433 e. The third-order valence-electron chi connectivity index (χ3n) is 4.78. The van der Waals surface area contributed by atoms with E-state index in [4.69, 9.17) is 0 Å². The van der Waals surface area contributed by atoms with Gasteiger partial charge in [0, 0.05) is 31.7 Å². The zero-order chi connectivity index (χ0) is 22.8. The number of para-hydroxylation sites is 1. The van der Waals surface area contributed by atoms with Gasteiger partial charge in [-0.3, -0.25) is 4.79 Å². The number of carbonyl (C=O) groups is 1. The Morgan fingerprint density at radius 2 is 1.39 bits per heavy atom. The first-order valence-electron chi connectivity index (χ1n) is 9.18. The van der Waals surface area contributed by atoms with Crippen LogP contribution in [0.1, 0.15) is 17.3 Å². The lowest BCUT2D eigenvalue weighted by Gasteiger charge is -2.33. The first-order valence-corrected chi connectivity index (χ1v) is 12.1. The van der Waals surface area contributed by atoms with Crippen LogP contribution in [0.5, 0.6) is 5.75 Å². The van der Waals surface area contributed by atoms with Crippen molar-refractivity contribution in [2.75, 3.05) is 26.2 Å². The Kier molecular flexibility index (Phi) is 6.74. The highest BCUT2D eigenvalue weighted by Crippen LogP contribution is 2.29. The Hall–Kier alpha value is -2.41. The predicted molar refractivity (Wildman–Crippen MR) is 107 cm³/mol. The molecule has 31 heavy (non-hydrogen) atoms. The second-order valence-electron chi connectivity index (χ2n) is 6.71. The highest BCUT2D eigenvalue weighted by atomic mass is 32.2. The van der Waals surface area contributed by atoms with Crippen LogP contribution in [0.15, 0.2) is 58.3 Å². The second-order valence-corrected chi connectivity index (χ2v) is 10.6. The second kappa shape index (κ2) is 8.99. The van der Waals surface area contributed by atoms with Gasteiger partial charge in [-0.1, -0.05) is 24.3 Å². The third-order valence-corrected chi connectivity index (χ3v) is 8.63. The van der Waals surface area contributed by atoms with Crippen molar-refractivity contribution < 1.29 is 35.1 Å². The number of hydrogen-bond donors (Lipinski definition) is 0. The maximum Gasteiger partial charge on any atom is 0.387 e. The van der Waals surface area contributed by atoms with E-state index in [0.717, 1.165) is 20.7 Å². The maximum atomic E-state index is 12.9. The Morgan fingerprint density at radius 3 is 1.90 bits per heavy atom. The van der Waals surface area contributed by atoms with Crippen molar-refractivity contribution >= 4 is 25.8 Å². The molecule has 0 aliphatic carbocycles. The number of benzene rings is 2. The van der Waals surface area contributed by atoms with Gasteiger partial charge in [0.1, 0.15) is 10.6 Å². The topological polar surface area (TPSA) is 101 Å². The summed E-state index contributed by atoms with van der Waals surface area (Å²) in [5.41, 5.74) is 0.375. The number of piperazine rings is 1. The number of alkyl halides is 2. The molecule has 1 aliphatic heterocycles. The molecule has 0 aromatic heterocycles. The lowest BCUT2D eigenvalue weighted by Crippen LogP contribution is -2.50. The average Bonchev–Trinajstić information content (AvgIpc) is 2.73. The van der Waals surface area contributed by atoms with E-state index in [-0.39, 0.29) is 36.9 Å². The minimum absolute atomic E-state index is 0.00974. The summed E-state index contributed by atoms with van der Waals surface area (Å²) < 4.78 is 83.2. The van der Waals surface area contributed by atoms with Gasteiger partial charge in [-0.15, -0.1) is 0 Å². The Morgan fingerprint density at radius 1 is 0.871 bits per heavy atom. The van der Waals surface area contributed by atoms with Gasteiger partial charge in [0.05, 0.1) is 4.90 Å². The van der Waals surface area contributed by atoms with Crippen LogP contribution in [0.3, 0.4) is 0 Å². The summed E-state index contributed by atoms with van der Waals surface area (Å²) in [6.07, 6.45) is 0. The summed E-state index contributed by atoms with van der Waals surface area (Å²) in [6, 6.07) is 10.5. The van der Waals surface area contributed by atoms with E-state index in [1.165, 1.54) is 43.3 Å². The normalized spacial score (nSPS) is 16.4. The number of halogens is 2. The standard InChI is InChI=1S/C19H20F2N2O6S2/c1-14(24)15-6-8-16(9-7-15)30(25,26)22-10-12-23(13-11-22)31(27,28)18-5-3-2-4-17(18)29-19(20)21/h2-9,19H,10-13H2,1H3. The van der Waals surface area contributed by atoms with Crippen molar-refractivity contribution in [1.29, 1.82) is 0 Å². The molecule has 0 amide bonds. The lowest BCUT2D eigenvalue weighted by molar-refractivity contribution is -0.0518. The number of ketones is 1. The molecule has 1 saturated heterocycles. The molecule has 1 heterocycles. The molecule has 8 nitrogen and oxygen atoms in total. The number of ether oxygens (including phenoxy) is 1. The zero-order valence-electron chi connectivity index (χ0n) is 16.4. The molecule has 0 saturated carbocycles. The van der Waals surface area contributed by atoms with Crippen molar-refractivity contribution in [2.45, 2.75) is 23.3 Å². The third kappa shape index (κ3) is 4.92. The van der Waals surface area contributed by atoms with Crippen LogP contribution in [0.4, 0.5) is 8.78 Å². The number of nitrogens with zero attached hydrogens (tertiary/aromatic N) is 2. The number of hydrogen-bond acceptors (Lipinski definition) is 6. The van der Waals surface area contributed by atoms with E-state index in [0.29, 0.717) is 5.56 Å². The van der Waals surface area contributed by atoms with Crippen molar-refractivity contribution in [1.82, 2.24) is 8.61 Å². The summed E-state index contributed by atoms with van der Waals surface area (Å²) in [6.45, 7) is -2.37. The number of sulfonamides is 2. The summed E-state index contributed by atoms with van der Waals surface area (Å²) in [5.74, 6) is -0.669. The molecule has 0 atom stereocenters. The summed E-state index contributed by atoms with van der Waals surface area (Å²) in [5, 5.41) is 0. The number of rotatable bonds is 7. The first-order chi connectivity index (χ1) is 14.5. The molecule has 2 aromatic carbocycles. The first kappa shape index (κ1) is 23.3. The van der Waals surface area contributed by atoms with Crippen LogP contribution < -0.4 is 4.74 Å². The van der Waals surface area contributed by atoms with Gasteiger partial charge in [0.2, 0.25) is 20.0 Å². The smallest absolute Gasteiger partial charge is 0.387 e. The molecule has 1 fully saturated rings. The predicted octanol–water partition coefficient (Wildman–Crippen LogP) is 2.19. The van der Waals surface area contributed by atoms with Gasteiger partial charge in [-0.05, 0) is 31.2 Å². The van der Waals surface area contributed by atoms with Gasteiger partial charge < -0.3 is 4.74 Å². The van der Waals surface area contributed by atoms with Gasteiger partial charge in [0.25, 0.3) is 0 Å². The zero-order valence-corrected chi connectivity index (χ0v) is 18.1. The van der Waals surface area contributed by atoms with Crippen LogP contribution in [0.25, 0.3) is 0 Å². The van der Waals surface area contributed by atoms with Gasteiger partial charge in [-0.25, -0.2) is 16.8 Å². The van der Waals surface area contributed by atoms with Crippen LogP contribution in [-0.4, -0.2) is 64.0 Å². The average molecular weight is 475 g/mol. The van der Waals surface area contributed by atoms with Crippen LogP contribution in [-0.2, 0) is 20.0 Å². The number of Topliss-reactive ketones (excluding diaryl/α,β-unsaturated/α-hetero) is 1.